The molecule has 5 aromatic carbocycles. The Hall–Kier alpha value is -9.37. The van der Waals surface area contributed by atoms with E-state index in [0.29, 0.717) is 68.3 Å². The Kier molecular flexibility index (Phi) is 16.6. The molecule has 15 nitrogen and oxygen atoms in total. The van der Waals surface area contributed by atoms with Crippen LogP contribution >= 0.6 is 0 Å². The van der Waals surface area contributed by atoms with Crippen molar-refractivity contribution >= 4 is 69.9 Å². The maximum absolute atomic E-state index is 14.3. The van der Waals surface area contributed by atoms with Gasteiger partial charge < -0.3 is 18.9 Å². The summed E-state index contributed by atoms with van der Waals surface area (Å²) in [5.74, 6) is 0. The van der Waals surface area contributed by atoms with Gasteiger partial charge in [-0.1, -0.05) is 42.5 Å². The highest BCUT2D eigenvalue weighted by molar-refractivity contribution is 6.01. The lowest BCUT2D eigenvalue weighted by molar-refractivity contribution is 0.0586. The summed E-state index contributed by atoms with van der Waals surface area (Å²) >= 11 is 0. The van der Waals surface area contributed by atoms with E-state index in [2.05, 4.69) is 9.97 Å². The highest BCUT2D eigenvalue weighted by Crippen LogP contribution is 2.38. The maximum atomic E-state index is 14.3. The van der Waals surface area contributed by atoms with Crippen LogP contribution in [0.4, 0.5) is 64.7 Å². The van der Waals surface area contributed by atoms with Gasteiger partial charge in [-0.3, -0.25) is 9.97 Å². The van der Waals surface area contributed by atoms with Gasteiger partial charge in [-0.25, -0.2) is 43.8 Å². The molecule has 0 aliphatic rings. The van der Waals surface area contributed by atoms with Gasteiger partial charge in [-0.05, 0) is 228 Å². The zero-order valence-electron chi connectivity index (χ0n) is 47.3. The Morgan fingerprint density at radius 1 is 0.300 bits per heavy atom. The molecule has 0 atom stereocenters. The van der Waals surface area contributed by atoms with Crippen molar-refractivity contribution in [2.75, 3.05) is 19.6 Å². The number of ether oxygens (including phenoxy) is 4. The second kappa shape index (κ2) is 23.3. The Labute approximate surface area is 468 Å². The number of rotatable bonds is 11. The van der Waals surface area contributed by atoms with E-state index in [4.69, 9.17) is 23.9 Å². The second-order valence-electron chi connectivity index (χ2n) is 22.8. The van der Waals surface area contributed by atoms with Crippen molar-refractivity contribution < 1.29 is 38.1 Å². The van der Waals surface area contributed by atoms with Crippen LogP contribution in [-0.2, 0) is 18.9 Å². The minimum atomic E-state index is -0.871. The average molecular weight is 1070 g/mol. The summed E-state index contributed by atoms with van der Waals surface area (Å²) in [5.41, 5.74) is 5.01. The molecule has 15 heteroatoms. The topological polar surface area (TPSA) is 157 Å². The van der Waals surface area contributed by atoms with E-state index in [0.717, 1.165) is 11.1 Å². The SMILES string of the molecule is CC(C)(C)OC(=O)N(c1ccccc1)c1ccc(N(C(=O)OC(C)(C)C)c2ccc(N(C(=O)OC(C)(C)C)c3ccc(N(C(=O)OC(C)(C)C)c4ccc(-c5cc(-c6ccccn6)nc(-c6ccccn6)c5)cc4)cc3)cc2)cc1. The number of anilines is 8. The van der Waals surface area contributed by atoms with Gasteiger partial charge in [0.05, 0.1) is 68.3 Å². The van der Waals surface area contributed by atoms with Crippen LogP contribution < -0.4 is 19.6 Å². The Morgan fingerprint density at radius 3 is 0.800 bits per heavy atom. The fraction of sp³-hybridized carbons (Fsp3) is 0.246. The summed E-state index contributed by atoms with van der Waals surface area (Å²) in [4.78, 5) is 76.2. The van der Waals surface area contributed by atoms with Crippen molar-refractivity contribution in [3.05, 3.63) is 188 Å². The zero-order valence-corrected chi connectivity index (χ0v) is 47.3. The highest BCUT2D eigenvalue weighted by atomic mass is 16.6. The molecule has 0 saturated heterocycles. The molecule has 0 bridgehead atoms. The minimum Gasteiger partial charge on any atom is -0.443 e. The van der Waals surface area contributed by atoms with E-state index in [1.807, 2.05) is 103 Å². The third-order valence-electron chi connectivity index (χ3n) is 11.6. The first-order valence-electron chi connectivity index (χ1n) is 26.2. The van der Waals surface area contributed by atoms with Gasteiger partial charge >= 0.3 is 24.4 Å². The molecule has 0 fully saturated rings. The summed E-state index contributed by atoms with van der Waals surface area (Å²) in [5, 5.41) is 0. The van der Waals surface area contributed by atoms with Gasteiger partial charge in [0.2, 0.25) is 0 Å². The molecule has 8 aromatic rings. The van der Waals surface area contributed by atoms with Crippen molar-refractivity contribution in [1.82, 2.24) is 15.0 Å². The second-order valence-corrected chi connectivity index (χ2v) is 22.8. The molecule has 0 unspecified atom stereocenters. The van der Waals surface area contributed by atoms with E-state index < -0.39 is 46.8 Å². The number of para-hydroxylation sites is 1. The molecule has 80 heavy (non-hydrogen) atoms. The molecule has 0 saturated carbocycles. The number of pyridine rings is 3. The lowest BCUT2D eigenvalue weighted by Gasteiger charge is -2.30. The Morgan fingerprint density at radius 2 is 0.550 bits per heavy atom. The molecule has 0 radical (unpaired) electrons. The van der Waals surface area contributed by atoms with Crippen LogP contribution in [0, 0.1) is 0 Å². The van der Waals surface area contributed by atoms with E-state index in [1.54, 1.807) is 168 Å². The number of amides is 4. The summed E-state index contributed by atoms with van der Waals surface area (Å²) in [6.07, 6.45) is 0.950. The summed E-state index contributed by atoms with van der Waals surface area (Å²) in [7, 11) is 0. The number of hydrogen-bond donors (Lipinski definition) is 0. The molecule has 8 rings (SSSR count). The fourth-order valence-corrected chi connectivity index (χ4v) is 8.29. The van der Waals surface area contributed by atoms with Crippen LogP contribution in [0.5, 0.6) is 0 Å². The molecule has 3 heterocycles. The number of carbonyl (C=O) groups is 4. The van der Waals surface area contributed by atoms with Gasteiger partial charge in [-0.15, -0.1) is 0 Å². The molecule has 410 valence electrons. The summed E-state index contributed by atoms with van der Waals surface area (Å²) < 4.78 is 23.7. The monoisotopic (exact) mass is 1070 g/mol. The van der Waals surface area contributed by atoms with Gasteiger partial charge in [-0.2, -0.15) is 0 Å². The molecule has 0 aliphatic heterocycles. The molecule has 3 aromatic heterocycles. The predicted octanol–water partition coefficient (Wildman–Crippen LogP) is 17.2. The van der Waals surface area contributed by atoms with Crippen LogP contribution in [-0.4, -0.2) is 61.7 Å². The van der Waals surface area contributed by atoms with Crippen LogP contribution in [0.3, 0.4) is 0 Å². The Bertz CT molecular complexity index is 3370. The Balaban J connectivity index is 1.13. The highest BCUT2D eigenvalue weighted by Gasteiger charge is 2.31. The van der Waals surface area contributed by atoms with Gasteiger partial charge in [0, 0.05) is 12.4 Å². The van der Waals surface area contributed by atoms with Crippen LogP contribution in [0.2, 0.25) is 0 Å². The minimum absolute atomic E-state index is 0.416. The first-order valence-corrected chi connectivity index (χ1v) is 26.2. The molecular weight excluding hydrogens is 1010 g/mol. The van der Waals surface area contributed by atoms with Crippen molar-refractivity contribution in [3.8, 4) is 33.9 Å². The van der Waals surface area contributed by atoms with E-state index in [-0.39, 0.29) is 0 Å². The number of carbonyl (C=O) groups excluding carboxylic acids is 4. The summed E-state index contributed by atoms with van der Waals surface area (Å²) in [6, 6.07) is 52.6. The van der Waals surface area contributed by atoms with E-state index in [9.17, 15) is 19.2 Å². The van der Waals surface area contributed by atoms with Crippen LogP contribution in [0.25, 0.3) is 33.9 Å². The van der Waals surface area contributed by atoms with Gasteiger partial charge in [0.1, 0.15) is 22.4 Å². The van der Waals surface area contributed by atoms with Crippen molar-refractivity contribution in [1.29, 1.82) is 0 Å². The van der Waals surface area contributed by atoms with Crippen molar-refractivity contribution in [3.63, 3.8) is 0 Å². The predicted molar refractivity (Wildman–Crippen MR) is 315 cm³/mol. The lowest BCUT2D eigenvalue weighted by Crippen LogP contribution is -2.35. The van der Waals surface area contributed by atoms with Crippen LogP contribution in [0.1, 0.15) is 83.1 Å². The van der Waals surface area contributed by atoms with E-state index in [1.165, 1.54) is 19.6 Å². The first kappa shape index (κ1) is 56.8. The lowest BCUT2D eigenvalue weighted by atomic mass is 10.0. The van der Waals surface area contributed by atoms with Crippen molar-refractivity contribution in [2.45, 2.75) is 105 Å². The molecule has 0 N–H and O–H groups in total. The summed E-state index contributed by atoms with van der Waals surface area (Å²) in [6.45, 7) is 21.5. The zero-order chi connectivity index (χ0) is 57.6. The average Bonchev–Trinajstić information content (AvgIpc) is 3.43. The molecule has 0 spiro atoms. The third kappa shape index (κ3) is 14.6. The third-order valence-corrected chi connectivity index (χ3v) is 11.6. The largest absolute Gasteiger partial charge is 0.443 e. The molecule has 4 amide bonds. The normalized spacial score (nSPS) is 11.7. The maximum Gasteiger partial charge on any atom is 0.419 e. The fourth-order valence-electron chi connectivity index (χ4n) is 8.29. The molecule has 0 aliphatic carbocycles. The van der Waals surface area contributed by atoms with Crippen LogP contribution in [0.15, 0.2) is 188 Å². The molecular formula is C65H67N7O8. The smallest absolute Gasteiger partial charge is 0.419 e. The number of aromatic nitrogens is 3. The van der Waals surface area contributed by atoms with Gasteiger partial charge in [0.15, 0.2) is 0 Å². The van der Waals surface area contributed by atoms with E-state index >= 15 is 0 Å². The quantitative estimate of drug-likeness (QED) is 0.114. The standard InChI is InChI=1S/C65H67N7O8/c1-62(2,3)77-58(73)69(46-20-14-13-15-21-46)48-28-30-50(31-29-48)71(60(75)79-64(7,8)9)52-36-38-53(39-37-52)72(61(76)80-65(10,11)12)51-34-32-49(33-35-51)70(59(74)78-63(4,5)6)47-26-24-44(25-27-47)45-42-56(54-22-16-18-40-66-54)68-57(43-45)55-23-17-19-41-67-55/h13-43H,1-12H3. The van der Waals surface area contributed by atoms with Gasteiger partial charge in [0.25, 0.3) is 0 Å². The number of nitrogens with zero attached hydrogens (tertiary/aromatic N) is 7. The number of hydrogen-bond acceptors (Lipinski definition) is 11. The van der Waals surface area contributed by atoms with Crippen molar-refractivity contribution in [2.24, 2.45) is 0 Å². The number of benzene rings is 5. The first-order chi connectivity index (χ1) is 37.8.